The van der Waals surface area contributed by atoms with E-state index < -0.39 is 51.2 Å². The quantitative estimate of drug-likeness (QED) is 0.787. The summed E-state index contributed by atoms with van der Waals surface area (Å²) in [5.41, 5.74) is 0.969. The molecule has 0 saturated heterocycles. The third-order valence-corrected chi connectivity index (χ3v) is 6.07. The van der Waals surface area contributed by atoms with Gasteiger partial charge in [0.05, 0.1) is 17.1 Å². The molecule has 0 unspecified atom stereocenters. The van der Waals surface area contributed by atoms with Crippen molar-refractivity contribution >= 4 is 27.3 Å². The maximum Gasteiger partial charge on any atom is 0.235 e. The van der Waals surface area contributed by atoms with Crippen molar-refractivity contribution in [2.75, 3.05) is 21.9 Å². The minimum atomic E-state index is -3.76. The largest absolute Gasteiger partial charge is 0.323 e. The lowest BCUT2D eigenvalue weighted by Crippen LogP contribution is -2.37. The number of hydrogen-bond donors (Lipinski definition) is 1. The van der Waals surface area contributed by atoms with Crippen molar-refractivity contribution in [3.8, 4) is 0 Å². The normalized spacial score (nSPS) is 14.0. The molecule has 2 aromatic rings. The number of halogens is 3. The van der Waals surface area contributed by atoms with Crippen molar-refractivity contribution < 1.29 is 26.4 Å². The van der Waals surface area contributed by atoms with E-state index in [2.05, 4.69) is 5.32 Å². The number of aryl methyl sites for hydroxylation is 1. The zero-order chi connectivity index (χ0) is 19.6. The second-order valence-corrected chi connectivity index (χ2v) is 8.15. The highest BCUT2D eigenvalue weighted by Gasteiger charge is 2.27. The molecule has 0 aromatic heterocycles. The molecule has 0 atom stereocenters. The maximum absolute atomic E-state index is 13.6. The number of carbonyl (C=O) groups excluding carboxylic acids is 1. The van der Waals surface area contributed by atoms with Crippen LogP contribution in [0.2, 0.25) is 0 Å². The number of nitrogens with zero attached hydrogens (tertiary/aromatic N) is 1. The fourth-order valence-electron chi connectivity index (χ4n) is 2.96. The topological polar surface area (TPSA) is 66.5 Å². The van der Waals surface area contributed by atoms with Gasteiger partial charge in [0.15, 0.2) is 17.5 Å². The van der Waals surface area contributed by atoms with E-state index in [1.165, 1.54) is 4.31 Å². The lowest BCUT2D eigenvalue weighted by molar-refractivity contribution is -0.115. The molecule has 0 fully saturated rings. The number of nitrogens with one attached hydrogen (secondary N) is 1. The molecule has 0 radical (unpaired) electrons. The first-order chi connectivity index (χ1) is 12.8. The van der Waals surface area contributed by atoms with Crippen LogP contribution in [0.4, 0.5) is 24.5 Å². The highest BCUT2D eigenvalue weighted by Crippen LogP contribution is 2.29. The summed E-state index contributed by atoms with van der Waals surface area (Å²) in [6.07, 6.45) is 1.00. The van der Waals surface area contributed by atoms with Crippen LogP contribution in [-0.4, -0.2) is 26.6 Å². The molecule has 0 aliphatic carbocycles. The summed E-state index contributed by atoms with van der Waals surface area (Å²) in [7, 11) is -3.76. The molecule has 1 heterocycles. The van der Waals surface area contributed by atoms with Crippen LogP contribution in [0.25, 0.3) is 0 Å². The Labute approximate surface area is 154 Å². The smallest absolute Gasteiger partial charge is 0.235 e. The fourth-order valence-corrected chi connectivity index (χ4v) is 4.50. The van der Waals surface area contributed by atoms with Crippen LogP contribution in [-0.2, 0) is 21.2 Å². The molecule has 27 heavy (non-hydrogen) atoms. The van der Waals surface area contributed by atoms with Gasteiger partial charge in [-0.2, -0.15) is 0 Å². The zero-order valence-corrected chi connectivity index (χ0v) is 15.0. The van der Waals surface area contributed by atoms with Crippen molar-refractivity contribution in [2.24, 2.45) is 0 Å². The van der Waals surface area contributed by atoms with Gasteiger partial charge in [0, 0.05) is 13.0 Å². The van der Waals surface area contributed by atoms with Crippen molar-refractivity contribution in [3.05, 3.63) is 59.4 Å². The van der Waals surface area contributed by atoms with Crippen LogP contribution in [0.5, 0.6) is 0 Å². The summed E-state index contributed by atoms with van der Waals surface area (Å²) >= 11 is 0. The highest BCUT2D eigenvalue weighted by molar-refractivity contribution is 7.92. The van der Waals surface area contributed by atoms with Crippen LogP contribution in [0.15, 0.2) is 36.4 Å². The van der Waals surface area contributed by atoms with E-state index in [1.54, 1.807) is 12.1 Å². The minimum Gasteiger partial charge on any atom is -0.323 e. The first kappa shape index (κ1) is 19.2. The lowest BCUT2D eigenvalue weighted by Gasteiger charge is -2.30. The molecule has 0 saturated carbocycles. The number of para-hydroxylation sites is 1. The molecule has 1 amide bonds. The number of anilines is 2. The maximum atomic E-state index is 13.6. The number of benzene rings is 2. The average Bonchev–Trinajstić information content (AvgIpc) is 2.66. The van der Waals surface area contributed by atoms with E-state index in [0.717, 1.165) is 18.1 Å². The molecule has 1 aliphatic rings. The van der Waals surface area contributed by atoms with Crippen LogP contribution >= 0.6 is 0 Å². The molecule has 1 N–H and O–H groups in total. The Morgan fingerprint density at radius 3 is 2.59 bits per heavy atom. The van der Waals surface area contributed by atoms with Gasteiger partial charge in [-0.05, 0) is 36.6 Å². The van der Waals surface area contributed by atoms with Gasteiger partial charge >= 0.3 is 0 Å². The summed E-state index contributed by atoms with van der Waals surface area (Å²) in [6.45, 7) is 0.318. The molecule has 0 spiro atoms. The first-order valence-electron chi connectivity index (χ1n) is 8.31. The lowest BCUT2D eigenvalue weighted by atomic mass is 10.0. The SMILES string of the molecule is O=C(CCS(=O)(=O)N1CCCc2ccccc21)Nc1ccc(F)c(F)c1F. The zero-order valence-electron chi connectivity index (χ0n) is 14.2. The predicted molar refractivity (Wildman–Crippen MR) is 95.5 cm³/mol. The van der Waals surface area contributed by atoms with Gasteiger partial charge in [0.25, 0.3) is 0 Å². The number of amides is 1. The molecule has 3 rings (SSSR count). The van der Waals surface area contributed by atoms with E-state index in [0.29, 0.717) is 24.7 Å². The summed E-state index contributed by atoms with van der Waals surface area (Å²) < 4.78 is 66.3. The summed E-state index contributed by atoms with van der Waals surface area (Å²) in [5, 5.41) is 2.07. The Bertz CT molecular complexity index is 980. The van der Waals surface area contributed by atoms with Crippen molar-refractivity contribution in [1.82, 2.24) is 0 Å². The van der Waals surface area contributed by atoms with Gasteiger partial charge in [0.1, 0.15) is 0 Å². The molecule has 9 heteroatoms. The standard InChI is InChI=1S/C18H17F3N2O3S/c19-13-7-8-14(18(21)17(13)20)22-16(24)9-11-27(25,26)23-10-3-5-12-4-1-2-6-15(12)23/h1-2,4,6-8H,3,5,9-11H2,(H,22,24). The Morgan fingerprint density at radius 2 is 1.81 bits per heavy atom. The van der Waals surface area contributed by atoms with Crippen LogP contribution < -0.4 is 9.62 Å². The number of fused-ring (bicyclic) bond motifs is 1. The molecule has 2 aromatic carbocycles. The molecule has 5 nitrogen and oxygen atoms in total. The van der Waals surface area contributed by atoms with Crippen LogP contribution in [0.3, 0.4) is 0 Å². The third-order valence-electron chi connectivity index (χ3n) is 4.30. The number of rotatable bonds is 5. The molecule has 144 valence electrons. The van der Waals surface area contributed by atoms with Crippen molar-refractivity contribution in [3.63, 3.8) is 0 Å². The van der Waals surface area contributed by atoms with E-state index >= 15 is 0 Å². The Morgan fingerprint density at radius 1 is 1.07 bits per heavy atom. The predicted octanol–water partition coefficient (Wildman–Crippen LogP) is 3.22. The second-order valence-electron chi connectivity index (χ2n) is 6.14. The van der Waals surface area contributed by atoms with Gasteiger partial charge in [-0.3, -0.25) is 9.10 Å². The number of carbonyl (C=O) groups is 1. The monoisotopic (exact) mass is 398 g/mol. The van der Waals surface area contributed by atoms with Crippen molar-refractivity contribution in [2.45, 2.75) is 19.3 Å². The van der Waals surface area contributed by atoms with Crippen LogP contribution in [0.1, 0.15) is 18.4 Å². The Hall–Kier alpha value is -2.55. The first-order valence-corrected chi connectivity index (χ1v) is 9.92. The van der Waals surface area contributed by atoms with Crippen LogP contribution in [0, 0.1) is 17.5 Å². The second kappa shape index (κ2) is 7.59. The van der Waals surface area contributed by atoms with Crippen molar-refractivity contribution in [1.29, 1.82) is 0 Å². The fraction of sp³-hybridized carbons (Fsp3) is 0.278. The Balaban J connectivity index is 1.68. The van der Waals surface area contributed by atoms with E-state index in [1.807, 2.05) is 12.1 Å². The van der Waals surface area contributed by atoms with Gasteiger partial charge in [-0.15, -0.1) is 0 Å². The van der Waals surface area contributed by atoms with Gasteiger partial charge in [-0.25, -0.2) is 21.6 Å². The van der Waals surface area contributed by atoms with E-state index in [-0.39, 0.29) is 0 Å². The molecular formula is C18H17F3N2O3S. The molecule has 0 bridgehead atoms. The van der Waals surface area contributed by atoms with Gasteiger partial charge < -0.3 is 5.32 Å². The number of hydrogen-bond acceptors (Lipinski definition) is 3. The molecular weight excluding hydrogens is 381 g/mol. The summed E-state index contributed by atoms with van der Waals surface area (Å²) in [4.78, 5) is 12.0. The van der Waals surface area contributed by atoms with E-state index in [9.17, 15) is 26.4 Å². The average molecular weight is 398 g/mol. The molecule has 1 aliphatic heterocycles. The Kier molecular flexibility index (Phi) is 5.41. The summed E-state index contributed by atoms with van der Waals surface area (Å²) in [6, 6.07) is 8.69. The van der Waals surface area contributed by atoms with Gasteiger partial charge in [0.2, 0.25) is 15.9 Å². The van der Waals surface area contributed by atoms with E-state index in [4.69, 9.17) is 0 Å². The summed E-state index contributed by atoms with van der Waals surface area (Å²) in [5.74, 6) is -5.91. The van der Waals surface area contributed by atoms with Gasteiger partial charge in [-0.1, -0.05) is 18.2 Å². The minimum absolute atomic E-state index is 0.318. The third kappa shape index (κ3) is 4.08. The highest BCUT2D eigenvalue weighted by atomic mass is 32.2. The number of sulfonamides is 1.